The predicted molar refractivity (Wildman–Crippen MR) is 97.5 cm³/mol. The zero-order chi connectivity index (χ0) is 17.4. The standard InChI is InChI=1S/C19H13FN2O2S/c20-12-4-1-3-11(9-12)10-15(17-18(23)22-19(24)25-17)13-5-2-6-16-14(13)7-8-21-16/h1-9,23H,10H2,(H,22,24). The summed E-state index contributed by atoms with van der Waals surface area (Å²) in [4.78, 5) is 18.5. The Morgan fingerprint density at radius 3 is 2.84 bits per heavy atom. The molecule has 0 bridgehead atoms. The number of nitrogens with one attached hydrogen (secondary N) is 1. The summed E-state index contributed by atoms with van der Waals surface area (Å²) in [6.45, 7) is 0. The Labute approximate surface area is 145 Å². The molecule has 0 saturated heterocycles. The van der Waals surface area contributed by atoms with Crippen molar-refractivity contribution in [2.75, 3.05) is 0 Å². The molecule has 0 fully saturated rings. The number of aromatic hydroxyl groups is 1. The normalized spacial score (nSPS) is 13.5. The van der Waals surface area contributed by atoms with E-state index < -0.39 is 0 Å². The van der Waals surface area contributed by atoms with E-state index in [9.17, 15) is 14.3 Å². The second-order valence-corrected chi connectivity index (χ2v) is 6.64. The van der Waals surface area contributed by atoms with E-state index in [4.69, 9.17) is 0 Å². The van der Waals surface area contributed by atoms with E-state index >= 15 is 0 Å². The average molecular weight is 352 g/mol. The van der Waals surface area contributed by atoms with E-state index in [1.807, 2.05) is 30.3 Å². The molecule has 4 nitrogen and oxygen atoms in total. The van der Waals surface area contributed by atoms with Crippen LogP contribution in [0.15, 0.2) is 52.3 Å². The number of nitrogens with zero attached hydrogens (tertiary/aromatic N) is 1. The van der Waals surface area contributed by atoms with Gasteiger partial charge in [0.15, 0.2) is 0 Å². The SMILES string of the molecule is O=c1[nH]c(O)c(C(Cc2cccc(F)c2)=c2cccc3c2=CC=N3)s1. The van der Waals surface area contributed by atoms with Gasteiger partial charge in [-0.15, -0.1) is 0 Å². The van der Waals surface area contributed by atoms with Crippen molar-refractivity contribution in [3.05, 3.63) is 78.8 Å². The van der Waals surface area contributed by atoms with Crippen LogP contribution in [0.25, 0.3) is 11.6 Å². The van der Waals surface area contributed by atoms with Crippen LogP contribution in [0, 0.1) is 5.82 Å². The maximum Gasteiger partial charge on any atom is 0.307 e. The van der Waals surface area contributed by atoms with E-state index in [1.54, 1.807) is 12.3 Å². The third-order valence-electron chi connectivity index (χ3n) is 4.04. The first-order chi connectivity index (χ1) is 12.1. The van der Waals surface area contributed by atoms with Crippen molar-refractivity contribution >= 4 is 34.9 Å². The summed E-state index contributed by atoms with van der Waals surface area (Å²) in [6, 6.07) is 12.0. The van der Waals surface area contributed by atoms with Crippen LogP contribution in [0.2, 0.25) is 0 Å². The molecule has 4 rings (SSSR count). The highest BCUT2D eigenvalue weighted by Gasteiger charge is 2.15. The van der Waals surface area contributed by atoms with Gasteiger partial charge in [-0.25, -0.2) is 4.39 Å². The third-order valence-corrected chi connectivity index (χ3v) is 4.97. The molecule has 0 atom stereocenters. The van der Waals surface area contributed by atoms with Crippen molar-refractivity contribution in [3.63, 3.8) is 0 Å². The number of aromatic nitrogens is 1. The molecule has 2 N–H and O–H groups in total. The Hall–Kier alpha value is -2.99. The smallest absolute Gasteiger partial charge is 0.307 e. The largest absolute Gasteiger partial charge is 0.493 e. The Bertz CT molecular complexity index is 1170. The molecule has 0 aliphatic carbocycles. The van der Waals surface area contributed by atoms with Crippen LogP contribution in [0.5, 0.6) is 5.88 Å². The predicted octanol–water partition coefficient (Wildman–Crippen LogP) is 2.22. The molecule has 2 heterocycles. The molecule has 25 heavy (non-hydrogen) atoms. The molecule has 0 radical (unpaired) electrons. The number of hydrogen-bond donors (Lipinski definition) is 2. The van der Waals surface area contributed by atoms with Gasteiger partial charge in [0.2, 0.25) is 5.88 Å². The molecule has 0 unspecified atom stereocenters. The molecule has 1 aliphatic heterocycles. The summed E-state index contributed by atoms with van der Waals surface area (Å²) in [6.07, 6.45) is 3.99. The number of aliphatic imine (C=N–C) groups is 1. The lowest BCUT2D eigenvalue weighted by atomic mass is 10.00. The van der Waals surface area contributed by atoms with Crippen molar-refractivity contribution in [3.8, 4) is 5.88 Å². The van der Waals surface area contributed by atoms with Crippen molar-refractivity contribution < 1.29 is 9.50 Å². The van der Waals surface area contributed by atoms with Gasteiger partial charge in [0.1, 0.15) is 5.82 Å². The fraction of sp³-hybridized carbons (Fsp3) is 0.0526. The molecule has 0 spiro atoms. The Morgan fingerprint density at radius 2 is 2.08 bits per heavy atom. The van der Waals surface area contributed by atoms with Crippen molar-refractivity contribution in [2.45, 2.75) is 6.42 Å². The summed E-state index contributed by atoms with van der Waals surface area (Å²) in [5, 5.41) is 12.0. The van der Waals surface area contributed by atoms with Crippen molar-refractivity contribution in [1.29, 1.82) is 0 Å². The minimum Gasteiger partial charge on any atom is -0.493 e. The molecule has 0 saturated carbocycles. The topological polar surface area (TPSA) is 65.5 Å². The zero-order valence-corrected chi connectivity index (χ0v) is 13.8. The van der Waals surface area contributed by atoms with Crippen molar-refractivity contribution in [2.24, 2.45) is 4.99 Å². The number of hydrogen-bond acceptors (Lipinski definition) is 4. The maximum absolute atomic E-state index is 13.6. The minimum absolute atomic E-state index is 0.169. The van der Waals surface area contributed by atoms with Crippen LogP contribution < -0.4 is 15.3 Å². The lowest BCUT2D eigenvalue weighted by Crippen LogP contribution is -2.27. The van der Waals surface area contributed by atoms with Gasteiger partial charge in [-0.1, -0.05) is 35.6 Å². The van der Waals surface area contributed by atoms with Crippen LogP contribution in [0.4, 0.5) is 10.1 Å². The van der Waals surface area contributed by atoms with Gasteiger partial charge >= 0.3 is 4.87 Å². The fourth-order valence-electron chi connectivity index (χ4n) is 2.97. The third kappa shape index (κ3) is 2.92. The number of halogens is 1. The quantitative estimate of drug-likeness (QED) is 0.759. The van der Waals surface area contributed by atoms with E-state index in [0.29, 0.717) is 11.3 Å². The summed E-state index contributed by atoms with van der Waals surface area (Å²) in [5.41, 5.74) is 2.34. The number of H-pyrrole nitrogens is 1. The number of benzene rings is 2. The summed E-state index contributed by atoms with van der Waals surface area (Å²) >= 11 is 0.940. The second-order valence-electron chi connectivity index (χ2n) is 5.66. The van der Waals surface area contributed by atoms with Gasteiger partial charge in [-0.05, 0) is 47.1 Å². The van der Waals surface area contributed by atoms with Crippen LogP contribution in [-0.4, -0.2) is 16.3 Å². The summed E-state index contributed by atoms with van der Waals surface area (Å²) < 4.78 is 13.6. The summed E-state index contributed by atoms with van der Waals surface area (Å²) in [5.74, 6) is -0.491. The number of fused-ring (bicyclic) bond motifs is 1. The Balaban J connectivity index is 2.01. The lowest BCUT2D eigenvalue weighted by Gasteiger charge is -2.08. The number of aromatic amines is 1. The van der Waals surface area contributed by atoms with E-state index in [1.165, 1.54) is 12.1 Å². The molecular weight excluding hydrogens is 339 g/mol. The highest BCUT2D eigenvalue weighted by molar-refractivity contribution is 7.10. The first-order valence-corrected chi connectivity index (χ1v) is 8.47. The van der Waals surface area contributed by atoms with Gasteiger partial charge < -0.3 is 5.11 Å². The molecule has 0 amide bonds. The Morgan fingerprint density at radius 1 is 1.24 bits per heavy atom. The highest BCUT2D eigenvalue weighted by Crippen LogP contribution is 2.27. The van der Waals surface area contributed by atoms with E-state index in [-0.39, 0.29) is 16.6 Å². The van der Waals surface area contributed by atoms with Gasteiger partial charge in [0.05, 0.1) is 10.6 Å². The van der Waals surface area contributed by atoms with Crippen LogP contribution in [-0.2, 0) is 6.42 Å². The number of thiazole rings is 1. The average Bonchev–Trinajstić information content (AvgIpc) is 3.18. The molecule has 124 valence electrons. The van der Waals surface area contributed by atoms with E-state index in [2.05, 4.69) is 9.98 Å². The monoisotopic (exact) mass is 352 g/mol. The first-order valence-electron chi connectivity index (χ1n) is 7.65. The molecule has 3 aromatic rings. The van der Waals surface area contributed by atoms with Crippen LogP contribution >= 0.6 is 11.3 Å². The zero-order valence-electron chi connectivity index (χ0n) is 13.0. The van der Waals surface area contributed by atoms with Gasteiger partial charge in [-0.3, -0.25) is 14.8 Å². The molecule has 6 heteroatoms. The maximum atomic E-state index is 13.6. The highest BCUT2D eigenvalue weighted by atomic mass is 32.1. The Kier molecular flexibility index (Phi) is 3.82. The summed E-state index contributed by atoms with van der Waals surface area (Å²) in [7, 11) is 0. The second kappa shape index (κ2) is 6.14. The van der Waals surface area contributed by atoms with Crippen molar-refractivity contribution in [1.82, 2.24) is 4.98 Å². The number of rotatable bonds is 3. The van der Waals surface area contributed by atoms with Gasteiger partial charge in [-0.2, -0.15) is 0 Å². The van der Waals surface area contributed by atoms with Crippen LogP contribution in [0.3, 0.4) is 0 Å². The molecule has 2 aromatic carbocycles. The fourth-order valence-corrected chi connectivity index (χ4v) is 3.76. The van der Waals surface area contributed by atoms with Gasteiger partial charge in [0, 0.05) is 11.4 Å². The molecular formula is C19H13FN2O2S. The minimum atomic E-state index is -0.336. The lowest BCUT2D eigenvalue weighted by molar-refractivity contribution is 0.454. The first kappa shape index (κ1) is 15.5. The molecule has 1 aliphatic rings. The van der Waals surface area contributed by atoms with E-state index in [0.717, 1.165) is 38.6 Å². The van der Waals surface area contributed by atoms with Gasteiger partial charge in [0.25, 0.3) is 0 Å². The van der Waals surface area contributed by atoms with Crippen LogP contribution in [0.1, 0.15) is 10.4 Å². The molecule has 1 aromatic heterocycles.